The quantitative estimate of drug-likeness (QED) is 0.134. The van der Waals surface area contributed by atoms with Crippen molar-refractivity contribution in [2.24, 2.45) is 17.8 Å². The highest BCUT2D eigenvalue weighted by atomic mass is 16.5. The van der Waals surface area contributed by atoms with Gasteiger partial charge in [-0.05, 0) is 116 Å². The molecule has 0 spiro atoms. The molecule has 1 aliphatic rings. The summed E-state index contributed by atoms with van der Waals surface area (Å²) >= 11 is 0. The van der Waals surface area contributed by atoms with E-state index in [1.807, 2.05) is 12.3 Å². The lowest BCUT2D eigenvalue weighted by atomic mass is 9.71. The number of aromatic nitrogens is 4. The maximum absolute atomic E-state index is 6.87. The second-order valence-electron chi connectivity index (χ2n) is 16.6. The van der Waals surface area contributed by atoms with E-state index in [4.69, 9.17) is 14.8 Å². The summed E-state index contributed by atoms with van der Waals surface area (Å²) in [6, 6.07) is 26.0. The third-order valence-electron chi connectivity index (χ3n) is 11.0. The van der Waals surface area contributed by atoms with Crippen LogP contribution >= 0.6 is 0 Å². The molecule has 7 rings (SSSR count). The third-order valence-corrected chi connectivity index (χ3v) is 11.0. The first-order chi connectivity index (χ1) is 24.9. The van der Waals surface area contributed by atoms with Crippen molar-refractivity contribution in [3.63, 3.8) is 0 Å². The minimum Gasteiger partial charge on any atom is -0.457 e. The Labute approximate surface area is 310 Å². The maximum atomic E-state index is 6.87. The van der Waals surface area contributed by atoms with E-state index in [-0.39, 0.29) is 0 Å². The molecule has 5 heteroatoms. The average Bonchev–Trinajstić information content (AvgIpc) is 3.64. The van der Waals surface area contributed by atoms with Gasteiger partial charge in [-0.25, -0.2) is 9.67 Å². The number of allylic oxidation sites excluding steroid dienone is 2. The number of aryl methyl sites for hydroxylation is 2. The van der Waals surface area contributed by atoms with Gasteiger partial charge in [-0.2, -0.15) is 5.10 Å². The zero-order valence-corrected chi connectivity index (χ0v) is 32.9. The van der Waals surface area contributed by atoms with Gasteiger partial charge >= 0.3 is 0 Å². The number of hydrogen-bond donors (Lipinski definition) is 0. The fourth-order valence-electron chi connectivity index (χ4n) is 8.73. The standard InChI is InChI=1S/C47H56N4O/c1-28(2)15-16-35-24-36(51-47(30(5)6)45(46(49-51)29(3)4)44-33(9)21-32(8)22-34(44)10)26-38(25-35)52-37-17-18-40-39-13-11-12-14-41(39)50(42(40)27-37)43-23-31(7)19-20-48-43/h11-14,17-21,23-30,32,34,44H,15-16,22H2,1-10H3/t32?,34-,44+/m0/s1. The van der Waals surface area contributed by atoms with Crippen molar-refractivity contribution in [1.29, 1.82) is 0 Å². The van der Waals surface area contributed by atoms with Crippen LogP contribution in [0.1, 0.15) is 121 Å². The number of pyridine rings is 1. The molecule has 1 unspecified atom stereocenters. The predicted molar refractivity (Wildman–Crippen MR) is 218 cm³/mol. The third kappa shape index (κ3) is 6.83. The Morgan fingerprint density at radius 3 is 2.29 bits per heavy atom. The van der Waals surface area contributed by atoms with E-state index in [1.54, 1.807) is 0 Å². The largest absolute Gasteiger partial charge is 0.457 e. The van der Waals surface area contributed by atoms with Gasteiger partial charge in [0.05, 0.1) is 28.1 Å². The normalized spacial score (nSPS) is 17.9. The number of benzene rings is 3. The summed E-state index contributed by atoms with van der Waals surface area (Å²) in [5.74, 6) is 5.31. The molecule has 0 fully saturated rings. The summed E-state index contributed by atoms with van der Waals surface area (Å²) in [6.45, 7) is 23.1. The molecule has 3 atom stereocenters. The highest BCUT2D eigenvalue weighted by Gasteiger charge is 2.35. The van der Waals surface area contributed by atoms with E-state index in [0.29, 0.717) is 35.5 Å². The molecule has 0 saturated heterocycles. The number of ether oxygens (including phenoxy) is 1. The molecule has 3 heterocycles. The summed E-state index contributed by atoms with van der Waals surface area (Å²) in [5.41, 5.74) is 11.2. The van der Waals surface area contributed by atoms with Crippen molar-refractivity contribution >= 4 is 21.8 Å². The van der Waals surface area contributed by atoms with Crippen LogP contribution < -0.4 is 4.74 Å². The predicted octanol–water partition coefficient (Wildman–Crippen LogP) is 13.0. The molecule has 3 aromatic carbocycles. The van der Waals surface area contributed by atoms with Crippen LogP contribution in [0.25, 0.3) is 33.3 Å². The summed E-state index contributed by atoms with van der Waals surface area (Å²) in [5, 5.41) is 7.87. The fraction of sp³-hybridized carbons (Fsp3) is 0.404. The molecule has 0 amide bonds. The number of fused-ring (bicyclic) bond motifs is 3. The van der Waals surface area contributed by atoms with Gasteiger partial charge in [-0.1, -0.05) is 85.2 Å². The van der Waals surface area contributed by atoms with E-state index in [2.05, 4.69) is 151 Å². The Morgan fingerprint density at radius 2 is 1.58 bits per heavy atom. The van der Waals surface area contributed by atoms with E-state index in [0.717, 1.165) is 46.9 Å². The molecule has 0 aliphatic heterocycles. The van der Waals surface area contributed by atoms with Crippen LogP contribution in [0.5, 0.6) is 11.5 Å². The average molecular weight is 693 g/mol. The van der Waals surface area contributed by atoms with E-state index in [9.17, 15) is 0 Å². The molecular formula is C47H56N4O. The number of para-hydroxylation sites is 1. The van der Waals surface area contributed by atoms with Crippen LogP contribution in [-0.4, -0.2) is 19.3 Å². The Kier molecular flexibility index (Phi) is 9.91. The van der Waals surface area contributed by atoms with Gasteiger partial charge in [0.25, 0.3) is 0 Å². The van der Waals surface area contributed by atoms with Gasteiger partial charge in [0.1, 0.15) is 17.3 Å². The van der Waals surface area contributed by atoms with Crippen molar-refractivity contribution in [3.05, 3.63) is 119 Å². The molecule has 3 aromatic heterocycles. The molecule has 0 radical (unpaired) electrons. The molecule has 0 N–H and O–H groups in total. The maximum Gasteiger partial charge on any atom is 0.137 e. The van der Waals surface area contributed by atoms with Crippen molar-refractivity contribution in [3.8, 4) is 23.0 Å². The van der Waals surface area contributed by atoms with Gasteiger partial charge in [0, 0.05) is 40.6 Å². The SMILES string of the molecule is CC1=CC(C)C[C@H](C)[C@@H]1c1c(C(C)C)nn(-c2cc(CCC(C)C)cc(Oc3ccc4c5ccccc5n(-c5cc(C)ccn5)c4c3)c2)c1C(C)C. The lowest BCUT2D eigenvalue weighted by Gasteiger charge is -2.33. The molecule has 0 saturated carbocycles. The van der Waals surface area contributed by atoms with Crippen molar-refractivity contribution < 1.29 is 4.74 Å². The molecule has 270 valence electrons. The second kappa shape index (κ2) is 14.4. The van der Waals surface area contributed by atoms with Crippen LogP contribution in [-0.2, 0) is 6.42 Å². The van der Waals surface area contributed by atoms with Gasteiger partial charge in [0.2, 0.25) is 0 Å². The van der Waals surface area contributed by atoms with Crippen molar-refractivity contribution in [2.45, 2.75) is 106 Å². The zero-order valence-electron chi connectivity index (χ0n) is 32.9. The number of nitrogens with zero attached hydrogens (tertiary/aromatic N) is 4. The topological polar surface area (TPSA) is 44.9 Å². The minimum atomic E-state index is 0.303. The first-order valence-electron chi connectivity index (χ1n) is 19.5. The summed E-state index contributed by atoms with van der Waals surface area (Å²) < 4.78 is 11.4. The molecule has 5 nitrogen and oxygen atoms in total. The lowest BCUT2D eigenvalue weighted by Crippen LogP contribution is -2.21. The molecular weight excluding hydrogens is 637 g/mol. The van der Waals surface area contributed by atoms with Gasteiger partial charge < -0.3 is 4.74 Å². The van der Waals surface area contributed by atoms with Gasteiger partial charge in [0.15, 0.2) is 0 Å². The van der Waals surface area contributed by atoms with Crippen LogP contribution in [0.4, 0.5) is 0 Å². The Hall–Kier alpha value is -4.64. The lowest BCUT2D eigenvalue weighted by molar-refractivity contribution is 0.388. The van der Waals surface area contributed by atoms with Gasteiger partial charge in [-0.15, -0.1) is 0 Å². The molecule has 0 bridgehead atoms. The monoisotopic (exact) mass is 692 g/mol. The molecule has 52 heavy (non-hydrogen) atoms. The summed E-state index contributed by atoms with van der Waals surface area (Å²) in [6.07, 6.45) is 7.68. The number of rotatable bonds is 10. The Balaban J connectivity index is 1.37. The first-order valence-corrected chi connectivity index (χ1v) is 19.5. The highest BCUT2D eigenvalue weighted by Crippen LogP contribution is 2.46. The van der Waals surface area contributed by atoms with Gasteiger partial charge in [-0.3, -0.25) is 4.57 Å². The Morgan fingerprint density at radius 1 is 0.808 bits per heavy atom. The van der Waals surface area contributed by atoms with E-state index >= 15 is 0 Å². The zero-order chi connectivity index (χ0) is 36.8. The first kappa shape index (κ1) is 35.7. The van der Waals surface area contributed by atoms with Crippen molar-refractivity contribution in [1.82, 2.24) is 19.3 Å². The second-order valence-corrected chi connectivity index (χ2v) is 16.6. The molecule has 1 aliphatic carbocycles. The molecule has 6 aromatic rings. The van der Waals surface area contributed by atoms with Crippen molar-refractivity contribution in [2.75, 3.05) is 0 Å². The smallest absolute Gasteiger partial charge is 0.137 e. The Bertz CT molecular complexity index is 2260. The van der Waals surface area contributed by atoms with Crippen LogP contribution in [0.15, 0.2) is 90.6 Å². The summed E-state index contributed by atoms with van der Waals surface area (Å²) in [7, 11) is 0. The number of hydrogen-bond acceptors (Lipinski definition) is 3. The minimum absolute atomic E-state index is 0.303. The summed E-state index contributed by atoms with van der Waals surface area (Å²) in [4.78, 5) is 4.79. The fourth-order valence-corrected chi connectivity index (χ4v) is 8.73. The van der Waals surface area contributed by atoms with E-state index in [1.165, 1.54) is 50.8 Å². The highest BCUT2D eigenvalue weighted by molar-refractivity contribution is 6.09. The van der Waals surface area contributed by atoms with E-state index < -0.39 is 0 Å². The van der Waals surface area contributed by atoms with Crippen LogP contribution in [0.3, 0.4) is 0 Å². The van der Waals surface area contributed by atoms with Crippen LogP contribution in [0, 0.1) is 24.7 Å². The van der Waals surface area contributed by atoms with Crippen LogP contribution in [0.2, 0.25) is 0 Å².